The number of carbonyl (C=O) groups is 2. The van der Waals surface area contributed by atoms with E-state index in [-0.39, 0.29) is 11.6 Å². The van der Waals surface area contributed by atoms with Crippen molar-refractivity contribution in [1.82, 2.24) is 10.2 Å². The summed E-state index contributed by atoms with van der Waals surface area (Å²) in [6.07, 6.45) is 1.55. The van der Waals surface area contributed by atoms with Crippen LogP contribution in [0.25, 0.3) is 6.08 Å². The number of ether oxygens (including phenoxy) is 3. The van der Waals surface area contributed by atoms with Crippen LogP contribution in [-0.4, -0.2) is 44.7 Å². The zero-order chi connectivity index (χ0) is 16.3. The molecule has 0 unspecified atom stereocenters. The summed E-state index contributed by atoms with van der Waals surface area (Å²) in [6.45, 7) is 2.04. The van der Waals surface area contributed by atoms with E-state index in [0.29, 0.717) is 29.4 Å². The van der Waals surface area contributed by atoms with Gasteiger partial charge < -0.3 is 19.5 Å². The van der Waals surface area contributed by atoms with Crippen molar-refractivity contribution in [3.63, 3.8) is 0 Å². The SMILES string of the molecule is CCN1C(=O)N/C(=C/c2ccc(OC)c(OC)c2OC)C1=O. The average Bonchev–Trinajstić information content (AvgIpc) is 2.80. The second-order valence-electron chi connectivity index (χ2n) is 4.46. The fourth-order valence-corrected chi connectivity index (χ4v) is 2.25. The largest absolute Gasteiger partial charge is 0.493 e. The number of rotatable bonds is 5. The lowest BCUT2D eigenvalue weighted by molar-refractivity contribution is -0.122. The van der Waals surface area contributed by atoms with Gasteiger partial charge in [0.15, 0.2) is 11.5 Å². The Morgan fingerprint density at radius 1 is 1.09 bits per heavy atom. The summed E-state index contributed by atoms with van der Waals surface area (Å²) < 4.78 is 15.8. The Morgan fingerprint density at radius 2 is 1.77 bits per heavy atom. The van der Waals surface area contributed by atoms with Gasteiger partial charge in [-0.05, 0) is 25.1 Å². The molecule has 0 radical (unpaired) electrons. The zero-order valence-electron chi connectivity index (χ0n) is 12.9. The number of likely N-dealkylation sites (N-methyl/N-ethyl adjacent to an activating group) is 1. The minimum absolute atomic E-state index is 0.192. The lowest BCUT2D eigenvalue weighted by Gasteiger charge is -2.14. The molecule has 0 spiro atoms. The Bertz CT molecular complexity index is 639. The van der Waals surface area contributed by atoms with Crippen molar-refractivity contribution in [2.75, 3.05) is 27.9 Å². The number of carbonyl (C=O) groups excluding carboxylic acids is 2. The number of imide groups is 1. The number of amides is 3. The maximum Gasteiger partial charge on any atom is 0.328 e. The number of nitrogens with zero attached hydrogens (tertiary/aromatic N) is 1. The molecule has 3 amide bonds. The van der Waals surface area contributed by atoms with Crippen LogP contribution in [0.2, 0.25) is 0 Å². The molecule has 0 bridgehead atoms. The molecule has 22 heavy (non-hydrogen) atoms. The van der Waals surface area contributed by atoms with Gasteiger partial charge in [-0.3, -0.25) is 9.69 Å². The van der Waals surface area contributed by atoms with E-state index in [0.717, 1.165) is 4.90 Å². The van der Waals surface area contributed by atoms with Gasteiger partial charge in [-0.1, -0.05) is 0 Å². The maximum absolute atomic E-state index is 12.1. The molecule has 1 N–H and O–H groups in total. The fourth-order valence-electron chi connectivity index (χ4n) is 2.25. The molecule has 1 aromatic carbocycles. The van der Waals surface area contributed by atoms with E-state index in [1.54, 1.807) is 25.1 Å². The van der Waals surface area contributed by atoms with Crippen molar-refractivity contribution in [3.8, 4) is 17.2 Å². The predicted molar refractivity (Wildman–Crippen MR) is 80.0 cm³/mol. The van der Waals surface area contributed by atoms with Crippen molar-refractivity contribution in [1.29, 1.82) is 0 Å². The minimum atomic E-state index is -0.432. The number of hydrogen-bond donors (Lipinski definition) is 1. The first-order valence-corrected chi connectivity index (χ1v) is 6.70. The fraction of sp³-hybridized carbons (Fsp3) is 0.333. The highest BCUT2D eigenvalue weighted by molar-refractivity contribution is 6.14. The second-order valence-corrected chi connectivity index (χ2v) is 4.46. The molecule has 1 aromatic rings. The van der Waals surface area contributed by atoms with Gasteiger partial charge >= 0.3 is 6.03 Å². The van der Waals surface area contributed by atoms with Crippen LogP contribution >= 0.6 is 0 Å². The van der Waals surface area contributed by atoms with Crippen molar-refractivity contribution in [2.24, 2.45) is 0 Å². The molecule has 118 valence electrons. The van der Waals surface area contributed by atoms with E-state index in [2.05, 4.69) is 5.32 Å². The van der Waals surface area contributed by atoms with Crippen LogP contribution in [-0.2, 0) is 4.79 Å². The quantitative estimate of drug-likeness (QED) is 0.661. The topological polar surface area (TPSA) is 77.1 Å². The Labute approximate surface area is 128 Å². The molecule has 1 saturated heterocycles. The van der Waals surface area contributed by atoms with Crippen LogP contribution in [0.4, 0.5) is 4.79 Å². The molecule has 1 heterocycles. The minimum Gasteiger partial charge on any atom is -0.493 e. The van der Waals surface area contributed by atoms with Crippen LogP contribution in [0.1, 0.15) is 12.5 Å². The lowest BCUT2D eigenvalue weighted by atomic mass is 10.1. The van der Waals surface area contributed by atoms with E-state index in [1.165, 1.54) is 21.3 Å². The lowest BCUT2D eigenvalue weighted by Crippen LogP contribution is -2.30. The van der Waals surface area contributed by atoms with Crippen LogP contribution < -0.4 is 19.5 Å². The van der Waals surface area contributed by atoms with Crippen molar-refractivity contribution < 1.29 is 23.8 Å². The van der Waals surface area contributed by atoms with Gasteiger partial charge in [-0.15, -0.1) is 0 Å². The average molecular weight is 306 g/mol. The maximum atomic E-state index is 12.1. The molecule has 0 aliphatic carbocycles. The summed E-state index contributed by atoms with van der Waals surface area (Å²) >= 11 is 0. The highest BCUT2D eigenvalue weighted by Gasteiger charge is 2.32. The normalized spacial score (nSPS) is 16.0. The zero-order valence-corrected chi connectivity index (χ0v) is 12.9. The van der Waals surface area contributed by atoms with Gasteiger partial charge in [0.05, 0.1) is 21.3 Å². The first-order chi connectivity index (χ1) is 10.6. The third-order valence-corrected chi connectivity index (χ3v) is 3.31. The molecule has 0 atom stereocenters. The Hall–Kier alpha value is -2.70. The first-order valence-electron chi connectivity index (χ1n) is 6.70. The van der Waals surface area contributed by atoms with Crippen LogP contribution in [0.5, 0.6) is 17.2 Å². The molecular weight excluding hydrogens is 288 g/mol. The third kappa shape index (κ3) is 2.57. The van der Waals surface area contributed by atoms with E-state index < -0.39 is 6.03 Å². The molecule has 1 fully saturated rings. The Morgan fingerprint density at radius 3 is 2.27 bits per heavy atom. The van der Waals surface area contributed by atoms with E-state index in [1.807, 2.05) is 0 Å². The first kappa shape index (κ1) is 15.7. The number of benzene rings is 1. The van der Waals surface area contributed by atoms with Crippen molar-refractivity contribution >= 4 is 18.0 Å². The number of methoxy groups -OCH3 is 3. The summed E-state index contributed by atoms with van der Waals surface area (Å²) in [7, 11) is 4.51. The molecule has 0 saturated carbocycles. The monoisotopic (exact) mass is 306 g/mol. The highest BCUT2D eigenvalue weighted by Crippen LogP contribution is 2.40. The van der Waals surface area contributed by atoms with E-state index >= 15 is 0 Å². The number of urea groups is 1. The van der Waals surface area contributed by atoms with Gasteiger partial charge in [-0.2, -0.15) is 0 Å². The van der Waals surface area contributed by atoms with Crippen LogP contribution in [0, 0.1) is 0 Å². The highest BCUT2D eigenvalue weighted by atomic mass is 16.5. The van der Waals surface area contributed by atoms with E-state index in [9.17, 15) is 9.59 Å². The molecule has 2 rings (SSSR count). The van der Waals surface area contributed by atoms with Crippen LogP contribution in [0.3, 0.4) is 0 Å². The standard InChI is InChI=1S/C15H18N2O5/c1-5-17-14(18)10(16-15(17)19)8-9-6-7-11(20-2)13(22-4)12(9)21-3/h6-8H,5H2,1-4H3,(H,16,19)/b10-8+. The third-order valence-electron chi connectivity index (χ3n) is 3.31. The van der Waals surface area contributed by atoms with Gasteiger partial charge in [0.1, 0.15) is 5.70 Å². The molecule has 1 aliphatic rings. The van der Waals surface area contributed by atoms with E-state index in [4.69, 9.17) is 14.2 Å². The smallest absolute Gasteiger partial charge is 0.328 e. The van der Waals surface area contributed by atoms with Gasteiger partial charge in [0.25, 0.3) is 5.91 Å². The molecular formula is C15H18N2O5. The van der Waals surface area contributed by atoms with Gasteiger partial charge in [-0.25, -0.2) is 4.79 Å². The Balaban J connectivity index is 2.48. The summed E-state index contributed by atoms with van der Waals surface area (Å²) in [6, 6.07) is 2.99. The summed E-state index contributed by atoms with van der Waals surface area (Å²) in [5, 5.41) is 2.54. The summed E-state index contributed by atoms with van der Waals surface area (Å²) in [4.78, 5) is 24.9. The number of hydrogen-bond acceptors (Lipinski definition) is 5. The van der Waals surface area contributed by atoms with Crippen molar-refractivity contribution in [3.05, 3.63) is 23.4 Å². The number of nitrogens with one attached hydrogen (secondary N) is 1. The predicted octanol–water partition coefficient (Wildman–Crippen LogP) is 1.62. The van der Waals surface area contributed by atoms with Gasteiger partial charge in [0, 0.05) is 12.1 Å². The molecule has 7 nitrogen and oxygen atoms in total. The molecule has 1 aliphatic heterocycles. The summed E-state index contributed by atoms with van der Waals surface area (Å²) in [5.74, 6) is 0.984. The van der Waals surface area contributed by atoms with Crippen LogP contribution in [0.15, 0.2) is 17.8 Å². The summed E-state index contributed by atoms with van der Waals surface area (Å²) in [5.41, 5.74) is 0.791. The second kappa shape index (κ2) is 6.38. The molecule has 7 heteroatoms. The van der Waals surface area contributed by atoms with Crippen molar-refractivity contribution in [2.45, 2.75) is 6.92 Å². The van der Waals surface area contributed by atoms with Gasteiger partial charge in [0.2, 0.25) is 5.75 Å². The Kier molecular flexibility index (Phi) is 4.55. The molecule has 0 aromatic heterocycles.